The van der Waals surface area contributed by atoms with Crippen LogP contribution < -0.4 is 11.1 Å². The van der Waals surface area contributed by atoms with Gasteiger partial charge in [-0.3, -0.25) is 4.79 Å². The Morgan fingerprint density at radius 2 is 2.24 bits per heavy atom. The number of nitrogen functional groups attached to an aromatic ring is 1. The van der Waals surface area contributed by atoms with Gasteiger partial charge in [0.2, 0.25) is 0 Å². The Hall–Kier alpha value is -2.83. The Labute approximate surface area is 121 Å². The highest BCUT2D eigenvalue weighted by Gasteiger charge is 2.22. The Balaban J connectivity index is 2.14. The molecule has 1 atom stereocenters. The number of rotatable bonds is 5. The minimum Gasteiger partial charge on any atom is -0.480 e. The lowest BCUT2D eigenvalue weighted by Gasteiger charge is -2.15. The number of aromatic amines is 1. The first-order chi connectivity index (χ1) is 9.97. The van der Waals surface area contributed by atoms with E-state index in [2.05, 4.69) is 15.3 Å². The Bertz CT molecular complexity index is 652. The number of imidazole rings is 1. The Kier molecular flexibility index (Phi) is 4.22. The van der Waals surface area contributed by atoms with Crippen LogP contribution in [0.4, 0.5) is 5.69 Å². The largest absolute Gasteiger partial charge is 0.480 e. The van der Waals surface area contributed by atoms with Crippen LogP contribution in [0.3, 0.4) is 0 Å². The molecule has 2 aromatic rings. The third-order valence-electron chi connectivity index (χ3n) is 3.04. The summed E-state index contributed by atoms with van der Waals surface area (Å²) < 4.78 is 0. The molecule has 1 aromatic carbocycles. The number of amides is 1. The summed E-state index contributed by atoms with van der Waals surface area (Å²) in [6, 6.07) is 3.97. The first-order valence-corrected chi connectivity index (χ1v) is 6.34. The van der Waals surface area contributed by atoms with Crippen molar-refractivity contribution in [2.24, 2.45) is 0 Å². The number of hydrogen-bond donors (Lipinski definition) is 4. The number of nitrogens with two attached hydrogens (primary N) is 1. The maximum atomic E-state index is 12.2. The van der Waals surface area contributed by atoms with Gasteiger partial charge in [-0.05, 0) is 19.1 Å². The molecule has 7 nitrogen and oxygen atoms in total. The van der Waals surface area contributed by atoms with E-state index in [1.54, 1.807) is 18.2 Å². The maximum Gasteiger partial charge on any atom is 0.326 e. The van der Waals surface area contributed by atoms with Gasteiger partial charge >= 0.3 is 5.97 Å². The van der Waals surface area contributed by atoms with Crippen LogP contribution in [0.25, 0.3) is 0 Å². The van der Waals surface area contributed by atoms with E-state index in [1.165, 1.54) is 12.5 Å². The van der Waals surface area contributed by atoms with Crippen LogP contribution >= 0.6 is 0 Å². The monoisotopic (exact) mass is 288 g/mol. The molecule has 2 rings (SSSR count). The summed E-state index contributed by atoms with van der Waals surface area (Å²) in [7, 11) is 0. The number of aliphatic carboxylic acids is 1. The molecule has 1 heterocycles. The molecule has 1 unspecified atom stereocenters. The van der Waals surface area contributed by atoms with E-state index in [4.69, 9.17) is 5.73 Å². The summed E-state index contributed by atoms with van der Waals surface area (Å²) in [4.78, 5) is 30.1. The molecule has 7 heteroatoms. The zero-order valence-corrected chi connectivity index (χ0v) is 11.5. The molecule has 5 N–H and O–H groups in total. The van der Waals surface area contributed by atoms with Crippen molar-refractivity contribution in [2.45, 2.75) is 19.4 Å². The molecule has 110 valence electrons. The highest BCUT2D eigenvalue weighted by molar-refractivity contribution is 6.01. The Morgan fingerprint density at radius 3 is 2.86 bits per heavy atom. The van der Waals surface area contributed by atoms with Gasteiger partial charge in [-0.15, -0.1) is 0 Å². The van der Waals surface area contributed by atoms with Crippen LogP contribution in [-0.2, 0) is 11.2 Å². The lowest BCUT2D eigenvalue weighted by Crippen LogP contribution is -2.42. The molecule has 0 aliphatic rings. The summed E-state index contributed by atoms with van der Waals surface area (Å²) in [6.07, 6.45) is 3.09. The van der Waals surface area contributed by atoms with Gasteiger partial charge in [0.25, 0.3) is 5.91 Å². The van der Waals surface area contributed by atoms with E-state index in [9.17, 15) is 14.7 Å². The number of carbonyl (C=O) groups excluding carboxylic acids is 1. The SMILES string of the molecule is Cc1ccc(N)c(C(=O)NC(Cc2cnc[nH]2)C(=O)O)c1. The second kappa shape index (κ2) is 6.08. The second-order valence-corrected chi connectivity index (χ2v) is 4.74. The molecule has 0 spiro atoms. The number of hydrogen-bond acceptors (Lipinski definition) is 4. The first-order valence-electron chi connectivity index (χ1n) is 6.34. The van der Waals surface area contributed by atoms with Gasteiger partial charge in [-0.25, -0.2) is 9.78 Å². The average molecular weight is 288 g/mol. The summed E-state index contributed by atoms with van der Waals surface area (Å²) in [5, 5.41) is 11.7. The standard InChI is InChI=1S/C14H16N4O3/c1-8-2-3-11(15)10(4-8)13(19)18-12(14(20)21)5-9-6-16-7-17-9/h2-4,6-7,12H,5,15H2,1H3,(H,16,17)(H,18,19)(H,20,21). The van der Waals surface area contributed by atoms with Gasteiger partial charge < -0.3 is 21.1 Å². The van der Waals surface area contributed by atoms with E-state index in [0.29, 0.717) is 11.4 Å². The minimum atomic E-state index is -1.12. The zero-order chi connectivity index (χ0) is 15.4. The molecule has 0 radical (unpaired) electrons. The fourth-order valence-corrected chi connectivity index (χ4v) is 1.92. The van der Waals surface area contributed by atoms with Crippen LogP contribution in [0.1, 0.15) is 21.6 Å². The van der Waals surface area contributed by atoms with E-state index >= 15 is 0 Å². The molecule has 21 heavy (non-hydrogen) atoms. The number of anilines is 1. The molecule has 0 bridgehead atoms. The third kappa shape index (κ3) is 3.59. The lowest BCUT2D eigenvalue weighted by atomic mass is 10.1. The zero-order valence-electron chi connectivity index (χ0n) is 11.5. The summed E-state index contributed by atoms with van der Waals surface area (Å²) in [5.41, 5.74) is 7.83. The molecule has 1 aromatic heterocycles. The molecule has 0 aliphatic carbocycles. The van der Waals surface area contributed by atoms with Gasteiger partial charge in [0.15, 0.2) is 0 Å². The molecular weight excluding hydrogens is 272 g/mol. The number of carbonyl (C=O) groups is 2. The van der Waals surface area contributed by atoms with Crippen LogP contribution in [0.2, 0.25) is 0 Å². The smallest absolute Gasteiger partial charge is 0.326 e. The van der Waals surface area contributed by atoms with Crippen molar-refractivity contribution in [3.05, 3.63) is 47.5 Å². The summed E-state index contributed by atoms with van der Waals surface area (Å²) >= 11 is 0. The van der Waals surface area contributed by atoms with Crippen molar-refractivity contribution in [3.8, 4) is 0 Å². The van der Waals surface area contributed by atoms with E-state index < -0.39 is 17.9 Å². The quantitative estimate of drug-likeness (QED) is 0.604. The molecule has 0 saturated carbocycles. The van der Waals surface area contributed by atoms with Crippen LogP contribution in [0, 0.1) is 6.92 Å². The number of carboxylic acids is 1. The number of nitrogens with zero attached hydrogens (tertiary/aromatic N) is 1. The maximum absolute atomic E-state index is 12.2. The predicted molar refractivity (Wildman–Crippen MR) is 76.8 cm³/mol. The first kappa shape index (κ1) is 14.6. The highest BCUT2D eigenvalue weighted by Crippen LogP contribution is 2.14. The predicted octanol–water partition coefficient (Wildman–Crippen LogP) is 0.726. The number of carboxylic acid groups (broad SMARTS) is 1. The van der Waals surface area contributed by atoms with Gasteiger partial charge in [-0.2, -0.15) is 0 Å². The number of H-pyrrole nitrogens is 1. The summed E-state index contributed by atoms with van der Waals surface area (Å²) in [5.74, 6) is -1.63. The number of aryl methyl sites for hydroxylation is 1. The van der Waals surface area contributed by atoms with Crippen LogP contribution in [0.5, 0.6) is 0 Å². The van der Waals surface area contributed by atoms with Crippen LogP contribution in [0.15, 0.2) is 30.7 Å². The van der Waals surface area contributed by atoms with Gasteiger partial charge in [0.1, 0.15) is 6.04 Å². The fraction of sp³-hybridized carbons (Fsp3) is 0.214. The topological polar surface area (TPSA) is 121 Å². The van der Waals surface area contributed by atoms with Gasteiger partial charge in [0.05, 0.1) is 11.9 Å². The van der Waals surface area contributed by atoms with Crippen molar-refractivity contribution >= 4 is 17.6 Å². The second-order valence-electron chi connectivity index (χ2n) is 4.74. The van der Waals surface area contributed by atoms with Crippen LogP contribution in [-0.4, -0.2) is 33.0 Å². The average Bonchev–Trinajstić information content (AvgIpc) is 2.93. The number of benzene rings is 1. The van der Waals surface area contributed by atoms with Gasteiger partial charge in [-0.1, -0.05) is 11.6 Å². The molecule has 0 saturated heterocycles. The molecule has 0 fully saturated rings. The molecular formula is C14H16N4O3. The van der Waals surface area contributed by atoms with E-state index in [1.807, 2.05) is 6.92 Å². The Morgan fingerprint density at radius 1 is 1.48 bits per heavy atom. The molecule has 0 aliphatic heterocycles. The summed E-state index contributed by atoms with van der Waals surface area (Å²) in [6.45, 7) is 1.83. The van der Waals surface area contributed by atoms with E-state index in [-0.39, 0.29) is 12.0 Å². The number of aromatic nitrogens is 2. The van der Waals surface area contributed by atoms with E-state index in [0.717, 1.165) is 5.56 Å². The number of nitrogens with one attached hydrogen (secondary N) is 2. The fourth-order valence-electron chi connectivity index (χ4n) is 1.92. The highest BCUT2D eigenvalue weighted by atomic mass is 16.4. The van der Waals surface area contributed by atoms with Crippen molar-refractivity contribution in [1.82, 2.24) is 15.3 Å². The lowest BCUT2D eigenvalue weighted by molar-refractivity contribution is -0.139. The van der Waals surface area contributed by atoms with Gasteiger partial charge in [0, 0.05) is 24.0 Å². The van der Waals surface area contributed by atoms with Crippen molar-refractivity contribution in [1.29, 1.82) is 0 Å². The normalized spacial score (nSPS) is 11.9. The molecule has 1 amide bonds. The third-order valence-corrected chi connectivity index (χ3v) is 3.04. The van der Waals surface area contributed by atoms with Crippen molar-refractivity contribution in [2.75, 3.05) is 5.73 Å². The van der Waals surface area contributed by atoms with Crippen molar-refractivity contribution in [3.63, 3.8) is 0 Å². The minimum absolute atomic E-state index is 0.118. The van der Waals surface area contributed by atoms with Crippen molar-refractivity contribution < 1.29 is 14.7 Å².